The van der Waals surface area contributed by atoms with Crippen LogP contribution in [0, 0.1) is 0 Å². The van der Waals surface area contributed by atoms with E-state index < -0.39 is 0 Å². The van der Waals surface area contributed by atoms with Gasteiger partial charge in [-0.1, -0.05) is 12.1 Å². The largest absolute Gasteiger partial charge is 0.372 e. The van der Waals surface area contributed by atoms with Gasteiger partial charge in [0.25, 0.3) is 11.8 Å². The van der Waals surface area contributed by atoms with Crippen LogP contribution in [-0.4, -0.2) is 36.3 Å². The number of hydrogen-bond acceptors (Lipinski definition) is 3. The lowest BCUT2D eigenvalue weighted by Crippen LogP contribution is -2.40. The fourth-order valence-electron chi connectivity index (χ4n) is 3.26. The summed E-state index contributed by atoms with van der Waals surface area (Å²) < 4.78 is 0. The third-order valence-electron chi connectivity index (χ3n) is 4.39. The molecule has 0 atom stereocenters. The molecule has 0 aliphatic carbocycles. The molecule has 1 aliphatic heterocycles. The topological polar surface area (TPSA) is 40.6 Å². The SMILES string of the molecule is CCN1C(=O)c2cccc3c(N(CC)CC)ccc(c23)C1=O. The zero-order valence-corrected chi connectivity index (χ0v) is 13.2. The highest BCUT2D eigenvalue weighted by Gasteiger charge is 2.32. The Bertz CT molecular complexity index is 741. The Labute approximate surface area is 130 Å². The number of carbonyl (C=O) groups excluding carboxylic acids is 2. The zero-order valence-electron chi connectivity index (χ0n) is 13.2. The number of carbonyl (C=O) groups is 2. The van der Waals surface area contributed by atoms with E-state index in [1.807, 2.05) is 37.3 Å². The van der Waals surface area contributed by atoms with Crippen LogP contribution in [0.4, 0.5) is 5.69 Å². The maximum atomic E-state index is 12.6. The molecular formula is C18H20N2O2. The van der Waals surface area contributed by atoms with Gasteiger partial charge in [0.2, 0.25) is 0 Å². The van der Waals surface area contributed by atoms with E-state index in [2.05, 4.69) is 18.7 Å². The second-order valence-corrected chi connectivity index (χ2v) is 5.39. The van der Waals surface area contributed by atoms with Gasteiger partial charge >= 0.3 is 0 Å². The first-order valence-electron chi connectivity index (χ1n) is 7.80. The van der Waals surface area contributed by atoms with Crippen molar-refractivity contribution in [2.24, 2.45) is 0 Å². The summed E-state index contributed by atoms with van der Waals surface area (Å²) in [5.41, 5.74) is 2.34. The quantitative estimate of drug-likeness (QED) is 0.813. The molecule has 4 nitrogen and oxygen atoms in total. The Morgan fingerprint density at radius 1 is 0.909 bits per heavy atom. The third kappa shape index (κ3) is 1.90. The molecule has 0 N–H and O–H groups in total. The lowest BCUT2D eigenvalue weighted by Gasteiger charge is -2.29. The Hall–Kier alpha value is -2.36. The second-order valence-electron chi connectivity index (χ2n) is 5.39. The zero-order chi connectivity index (χ0) is 15.9. The normalized spacial score (nSPS) is 13.9. The highest BCUT2D eigenvalue weighted by Crippen LogP contribution is 2.35. The van der Waals surface area contributed by atoms with E-state index >= 15 is 0 Å². The van der Waals surface area contributed by atoms with E-state index in [9.17, 15) is 9.59 Å². The predicted octanol–water partition coefficient (Wildman–Crippen LogP) is 3.30. The van der Waals surface area contributed by atoms with Crippen LogP contribution < -0.4 is 4.90 Å². The number of rotatable bonds is 4. The number of amides is 2. The van der Waals surface area contributed by atoms with Crippen molar-refractivity contribution in [2.45, 2.75) is 20.8 Å². The van der Waals surface area contributed by atoms with Gasteiger partial charge in [-0.25, -0.2) is 0 Å². The first-order valence-corrected chi connectivity index (χ1v) is 7.80. The van der Waals surface area contributed by atoms with Crippen molar-refractivity contribution in [1.82, 2.24) is 4.90 Å². The average Bonchev–Trinajstić information content (AvgIpc) is 2.55. The summed E-state index contributed by atoms with van der Waals surface area (Å²) in [4.78, 5) is 28.7. The van der Waals surface area contributed by atoms with Crippen LogP contribution in [0.25, 0.3) is 10.8 Å². The van der Waals surface area contributed by atoms with E-state index in [-0.39, 0.29) is 11.8 Å². The maximum Gasteiger partial charge on any atom is 0.261 e. The minimum atomic E-state index is -0.192. The highest BCUT2D eigenvalue weighted by atomic mass is 16.2. The molecule has 0 fully saturated rings. The lowest BCUT2D eigenvalue weighted by atomic mass is 9.92. The molecule has 2 aromatic carbocycles. The van der Waals surface area contributed by atoms with Crippen molar-refractivity contribution in [1.29, 1.82) is 0 Å². The van der Waals surface area contributed by atoms with Crippen molar-refractivity contribution < 1.29 is 9.59 Å². The van der Waals surface area contributed by atoms with Crippen LogP contribution in [0.1, 0.15) is 41.5 Å². The van der Waals surface area contributed by atoms with Gasteiger partial charge in [0.15, 0.2) is 0 Å². The highest BCUT2D eigenvalue weighted by molar-refractivity contribution is 6.26. The fourth-order valence-corrected chi connectivity index (χ4v) is 3.26. The van der Waals surface area contributed by atoms with Crippen LogP contribution in [0.3, 0.4) is 0 Å². The molecule has 2 amide bonds. The summed E-state index contributed by atoms with van der Waals surface area (Å²) in [7, 11) is 0. The molecular weight excluding hydrogens is 276 g/mol. The van der Waals surface area contributed by atoms with Crippen molar-refractivity contribution in [3.63, 3.8) is 0 Å². The van der Waals surface area contributed by atoms with Gasteiger partial charge in [0, 0.05) is 47.2 Å². The summed E-state index contributed by atoms with van der Waals surface area (Å²) in [6, 6.07) is 9.57. The molecule has 114 valence electrons. The summed E-state index contributed by atoms with van der Waals surface area (Å²) in [5, 5.41) is 1.78. The first-order chi connectivity index (χ1) is 10.6. The second kappa shape index (κ2) is 5.44. The third-order valence-corrected chi connectivity index (χ3v) is 4.39. The fraction of sp³-hybridized carbons (Fsp3) is 0.333. The number of hydrogen-bond donors (Lipinski definition) is 0. The van der Waals surface area contributed by atoms with E-state index in [1.54, 1.807) is 0 Å². The van der Waals surface area contributed by atoms with Crippen molar-refractivity contribution in [3.05, 3.63) is 41.5 Å². The van der Waals surface area contributed by atoms with Crippen LogP contribution in [0.5, 0.6) is 0 Å². The number of imide groups is 1. The van der Waals surface area contributed by atoms with Gasteiger partial charge in [0.1, 0.15) is 0 Å². The monoisotopic (exact) mass is 296 g/mol. The molecule has 0 saturated heterocycles. The first kappa shape index (κ1) is 14.6. The Morgan fingerprint density at radius 3 is 2.14 bits per heavy atom. The summed E-state index contributed by atoms with van der Waals surface area (Å²) in [6.45, 7) is 8.20. The molecule has 3 rings (SSSR count). The van der Waals surface area contributed by atoms with Crippen molar-refractivity contribution in [3.8, 4) is 0 Å². The van der Waals surface area contributed by atoms with Crippen LogP contribution in [0.2, 0.25) is 0 Å². The average molecular weight is 296 g/mol. The van der Waals surface area contributed by atoms with Gasteiger partial charge in [-0.05, 0) is 39.0 Å². The molecule has 22 heavy (non-hydrogen) atoms. The minimum absolute atomic E-state index is 0.192. The lowest BCUT2D eigenvalue weighted by molar-refractivity contribution is 0.0619. The maximum absolute atomic E-state index is 12.6. The van der Waals surface area contributed by atoms with Crippen LogP contribution in [-0.2, 0) is 0 Å². The van der Waals surface area contributed by atoms with Gasteiger partial charge in [0.05, 0.1) is 0 Å². The van der Waals surface area contributed by atoms with Gasteiger partial charge < -0.3 is 4.90 Å². The van der Waals surface area contributed by atoms with Gasteiger partial charge in [-0.2, -0.15) is 0 Å². The number of benzene rings is 2. The molecule has 4 heteroatoms. The molecule has 0 spiro atoms. The van der Waals surface area contributed by atoms with E-state index in [1.165, 1.54) is 4.90 Å². The Morgan fingerprint density at radius 2 is 1.55 bits per heavy atom. The van der Waals surface area contributed by atoms with Crippen molar-refractivity contribution in [2.75, 3.05) is 24.5 Å². The van der Waals surface area contributed by atoms with Gasteiger partial charge in [-0.3, -0.25) is 14.5 Å². The smallest absolute Gasteiger partial charge is 0.261 e. The molecule has 0 radical (unpaired) electrons. The van der Waals surface area contributed by atoms with Gasteiger partial charge in [-0.15, -0.1) is 0 Å². The summed E-state index contributed by atoms with van der Waals surface area (Å²) in [5.74, 6) is -0.385. The minimum Gasteiger partial charge on any atom is -0.372 e. The molecule has 1 aliphatic rings. The summed E-state index contributed by atoms with van der Waals surface area (Å²) in [6.07, 6.45) is 0. The standard InChI is InChI=1S/C18H20N2O2/c1-4-19(5-2)15-11-10-14-16-12(15)8-7-9-13(16)17(21)20(6-3)18(14)22/h7-11H,4-6H2,1-3H3. The molecule has 1 heterocycles. The molecule has 0 bridgehead atoms. The van der Waals surface area contributed by atoms with Crippen molar-refractivity contribution >= 4 is 28.3 Å². The number of anilines is 1. The van der Waals surface area contributed by atoms with E-state index in [0.717, 1.165) is 29.5 Å². The number of nitrogens with zero attached hydrogens (tertiary/aromatic N) is 2. The van der Waals surface area contributed by atoms with Crippen LogP contribution in [0.15, 0.2) is 30.3 Å². The van der Waals surface area contributed by atoms with E-state index in [0.29, 0.717) is 17.7 Å². The summed E-state index contributed by atoms with van der Waals surface area (Å²) >= 11 is 0. The Kier molecular flexibility index (Phi) is 3.61. The molecule has 2 aromatic rings. The van der Waals surface area contributed by atoms with E-state index in [4.69, 9.17) is 0 Å². The Balaban J connectivity index is 2.34. The molecule has 0 unspecified atom stereocenters. The molecule has 0 aromatic heterocycles. The predicted molar refractivity (Wildman–Crippen MR) is 88.6 cm³/mol. The van der Waals surface area contributed by atoms with Crippen LogP contribution >= 0.6 is 0 Å². The molecule has 0 saturated carbocycles.